The predicted molar refractivity (Wildman–Crippen MR) is 105 cm³/mol. The number of fused-ring (bicyclic) bond motifs is 3. The monoisotopic (exact) mass is 398 g/mol. The van der Waals surface area contributed by atoms with Crippen molar-refractivity contribution in [2.75, 3.05) is 6.54 Å². The standard InChI is InChI=1S/C21H22N2O6/c1-21(2,3)29-20(26)23-11-13(10-16(23)19(24)25)28-18-15-5-4-12-7-9-27-17(12)14(15)6-8-22-18/h4-9,13,16H,10-11H2,1-3H3,(H,24,25)/t13-,16+/m1/s1. The molecule has 2 atom stereocenters. The molecule has 3 heterocycles. The molecular weight excluding hydrogens is 376 g/mol. The topological polar surface area (TPSA) is 102 Å². The molecule has 0 radical (unpaired) electrons. The van der Waals surface area contributed by atoms with Crippen LogP contribution < -0.4 is 4.74 Å². The van der Waals surface area contributed by atoms with Crippen molar-refractivity contribution >= 4 is 33.8 Å². The van der Waals surface area contributed by atoms with Crippen molar-refractivity contribution < 1.29 is 28.6 Å². The van der Waals surface area contributed by atoms with Gasteiger partial charge >= 0.3 is 12.1 Å². The molecule has 0 aliphatic carbocycles. The molecular formula is C21H22N2O6. The van der Waals surface area contributed by atoms with Crippen molar-refractivity contribution in [2.24, 2.45) is 0 Å². The maximum atomic E-state index is 12.5. The van der Waals surface area contributed by atoms with E-state index in [1.54, 1.807) is 33.2 Å². The zero-order valence-corrected chi connectivity index (χ0v) is 16.4. The van der Waals surface area contributed by atoms with Crippen LogP contribution in [-0.4, -0.2) is 51.3 Å². The number of carbonyl (C=O) groups excluding carboxylic acids is 1. The first-order valence-corrected chi connectivity index (χ1v) is 9.37. The molecule has 4 rings (SSSR count). The minimum atomic E-state index is -1.09. The van der Waals surface area contributed by atoms with Crippen LogP contribution in [0.4, 0.5) is 4.79 Å². The molecule has 1 aliphatic heterocycles. The minimum Gasteiger partial charge on any atom is -0.480 e. The molecule has 1 aromatic carbocycles. The molecule has 1 amide bonds. The van der Waals surface area contributed by atoms with Crippen molar-refractivity contribution in [3.8, 4) is 5.88 Å². The van der Waals surface area contributed by atoms with Gasteiger partial charge < -0.3 is 19.0 Å². The number of hydrogen-bond acceptors (Lipinski definition) is 6. The Balaban J connectivity index is 1.60. The van der Waals surface area contributed by atoms with Gasteiger partial charge in [-0.1, -0.05) is 6.07 Å². The van der Waals surface area contributed by atoms with Crippen LogP contribution in [0.15, 0.2) is 41.1 Å². The zero-order chi connectivity index (χ0) is 20.8. The van der Waals surface area contributed by atoms with Gasteiger partial charge in [0, 0.05) is 28.8 Å². The van der Waals surface area contributed by atoms with Gasteiger partial charge in [-0.05, 0) is 39.0 Å². The summed E-state index contributed by atoms with van der Waals surface area (Å²) in [5.41, 5.74) is 0.0185. The number of amides is 1. The van der Waals surface area contributed by atoms with E-state index in [0.29, 0.717) is 5.88 Å². The van der Waals surface area contributed by atoms with E-state index < -0.39 is 29.8 Å². The van der Waals surface area contributed by atoms with Gasteiger partial charge in [0.15, 0.2) is 0 Å². The van der Waals surface area contributed by atoms with E-state index in [1.165, 1.54) is 4.90 Å². The van der Waals surface area contributed by atoms with Gasteiger partial charge in [-0.2, -0.15) is 0 Å². The van der Waals surface area contributed by atoms with Crippen LogP contribution in [0.25, 0.3) is 21.7 Å². The molecule has 0 unspecified atom stereocenters. The highest BCUT2D eigenvalue weighted by atomic mass is 16.6. The van der Waals surface area contributed by atoms with E-state index in [-0.39, 0.29) is 13.0 Å². The minimum absolute atomic E-state index is 0.104. The number of furan rings is 1. The number of carboxylic acid groups (broad SMARTS) is 1. The first-order chi connectivity index (χ1) is 13.7. The molecule has 0 bridgehead atoms. The Labute approximate surface area is 167 Å². The van der Waals surface area contributed by atoms with Crippen LogP contribution in [0, 0.1) is 0 Å². The molecule has 1 N–H and O–H groups in total. The molecule has 2 aromatic heterocycles. The molecule has 8 heteroatoms. The van der Waals surface area contributed by atoms with E-state index in [0.717, 1.165) is 21.7 Å². The van der Waals surface area contributed by atoms with Gasteiger partial charge in [-0.15, -0.1) is 0 Å². The van der Waals surface area contributed by atoms with Crippen LogP contribution >= 0.6 is 0 Å². The lowest BCUT2D eigenvalue weighted by Gasteiger charge is -2.26. The molecule has 1 saturated heterocycles. The Bertz CT molecular complexity index is 1080. The average molecular weight is 398 g/mol. The Kier molecular flexibility index (Phi) is 4.56. The van der Waals surface area contributed by atoms with Crippen LogP contribution in [0.1, 0.15) is 27.2 Å². The maximum absolute atomic E-state index is 12.5. The van der Waals surface area contributed by atoms with Gasteiger partial charge in [-0.25, -0.2) is 14.6 Å². The summed E-state index contributed by atoms with van der Waals surface area (Å²) in [6.07, 6.45) is 2.20. The second-order valence-corrected chi connectivity index (χ2v) is 8.08. The molecule has 29 heavy (non-hydrogen) atoms. The highest BCUT2D eigenvalue weighted by molar-refractivity contribution is 6.05. The number of aromatic nitrogens is 1. The van der Waals surface area contributed by atoms with Crippen LogP contribution in [-0.2, 0) is 9.53 Å². The first-order valence-electron chi connectivity index (χ1n) is 9.37. The molecule has 3 aromatic rings. The Morgan fingerprint density at radius 3 is 2.72 bits per heavy atom. The van der Waals surface area contributed by atoms with E-state index in [9.17, 15) is 14.7 Å². The lowest BCUT2D eigenvalue weighted by Crippen LogP contribution is -2.43. The Morgan fingerprint density at radius 1 is 1.21 bits per heavy atom. The number of benzene rings is 1. The summed E-state index contributed by atoms with van der Waals surface area (Å²) in [4.78, 5) is 29.7. The molecule has 0 spiro atoms. The van der Waals surface area contributed by atoms with Gasteiger partial charge in [-0.3, -0.25) is 4.90 Å². The Hall–Kier alpha value is -3.29. The number of carboxylic acids is 1. The third-order valence-corrected chi connectivity index (χ3v) is 4.78. The number of pyridine rings is 1. The van der Waals surface area contributed by atoms with Crippen molar-refractivity contribution in [3.05, 3.63) is 36.7 Å². The first kappa shape index (κ1) is 19.0. The SMILES string of the molecule is CC(C)(C)OC(=O)N1C[C@H](Oc2nccc3c2ccc2ccoc23)C[C@H]1C(=O)O. The number of ether oxygens (including phenoxy) is 2. The lowest BCUT2D eigenvalue weighted by molar-refractivity contribution is -0.142. The average Bonchev–Trinajstić information content (AvgIpc) is 3.27. The summed E-state index contributed by atoms with van der Waals surface area (Å²) in [6, 6.07) is 6.52. The van der Waals surface area contributed by atoms with Crippen LogP contribution in [0.3, 0.4) is 0 Å². The summed E-state index contributed by atoms with van der Waals surface area (Å²) in [5.74, 6) is -0.717. The number of likely N-dealkylation sites (tertiary alicyclic amines) is 1. The third-order valence-electron chi connectivity index (χ3n) is 4.78. The molecule has 1 fully saturated rings. The molecule has 0 saturated carbocycles. The second-order valence-electron chi connectivity index (χ2n) is 8.08. The number of carbonyl (C=O) groups is 2. The smallest absolute Gasteiger partial charge is 0.411 e. The highest BCUT2D eigenvalue weighted by Crippen LogP contribution is 2.32. The van der Waals surface area contributed by atoms with E-state index in [2.05, 4.69) is 4.98 Å². The fourth-order valence-corrected chi connectivity index (χ4v) is 3.55. The third kappa shape index (κ3) is 3.70. The van der Waals surface area contributed by atoms with Crippen LogP contribution in [0.2, 0.25) is 0 Å². The normalized spacial score (nSPS) is 19.6. The van der Waals surface area contributed by atoms with Gasteiger partial charge in [0.1, 0.15) is 23.3 Å². The van der Waals surface area contributed by atoms with Crippen LogP contribution in [0.5, 0.6) is 5.88 Å². The van der Waals surface area contributed by atoms with E-state index >= 15 is 0 Å². The Morgan fingerprint density at radius 2 is 2.00 bits per heavy atom. The number of aliphatic carboxylic acids is 1. The zero-order valence-electron chi connectivity index (χ0n) is 16.4. The van der Waals surface area contributed by atoms with Crippen molar-refractivity contribution in [2.45, 2.75) is 44.9 Å². The van der Waals surface area contributed by atoms with E-state index in [1.807, 2.05) is 24.3 Å². The fourth-order valence-electron chi connectivity index (χ4n) is 3.55. The molecule has 8 nitrogen and oxygen atoms in total. The largest absolute Gasteiger partial charge is 0.480 e. The van der Waals surface area contributed by atoms with Crippen molar-refractivity contribution in [3.63, 3.8) is 0 Å². The number of nitrogens with zero attached hydrogens (tertiary/aromatic N) is 2. The summed E-state index contributed by atoms with van der Waals surface area (Å²) in [6.45, 7) is 5.31. The van der Waals surface area contributed by atoms with Crippen molar-refractivity contribution in [1.29, 1.82) is 0 Å². The summed E-state index contributed by atoms with van der Waals surface area (Å²) in [5, 5.41) is 12.1. The van der Waals surface area contributed by atoms with Gasteiger partial charge in [0.25, 0.3) is 0 Å². The maximum Gasteiger partial charge on any atom is 0.411 e. The second kappa shape index (κ2) is 6.95. The number of hydrogen-bond donors (Lipinski definition) is 1. The predicted octanol–water partition coefficient (Wildman–Crippen LogP) is 3.82. The van der Waals surface area contributed by atoms with Crippen molar-refractivity contribution in [1.82, 2.24) is 9.88 Å². The highest BCUT2D eigenvalue weighted by Gasteiger charge is 2.43. The van der Waals surface area contributed by atoms with E-state index in [4.69, 9.17) is 13.9 Å². The van der Waals surface area contributed by atoms with Gasteiger partial charge in [0.2, 0.25) is 5.88 Å². The molecule has 1 aliphatic rings. The quantitative estimate of drug-likeness (QED) is 0.715. The summed E-state index contributed by atoms with van der Waals surface area (Å²) in [7, 11) is 0. The molecule has 152 valence electrons. The summed E-state index contributed by atoms with van der Waals surface area (Å²) < 4.78 is 17.0. The van der Waals surface area contributed by atoms with Gasteiger partial charge in [0.05, 0.1) is 12.8 Å². The summed E-state index contributed by atoms with van der Waals surface area (Å²) >= 11 is 0. The number of rotatable bonds is 3. The fraction of sp³-hybridized carbons (Fsp3) is 0.381. The lowest BCUT2D eigenvalue weighted by atomic mass is 10.1.